The van der Waals surface area contributed by atoms with Crippen LogP contribution >= 0.6 is 11.8 Å². The van der Waals surface area contributed by atoms with Crippen molar-refractivity contribution in [1.29, 1.82) is 0 Å². The SMILES string of the molecule is CCC(=O)c1ccc(Sc2nc3ccc(C)cc3[nH]2)cc1. The van der Waals surface area contributed by atoms with Crippen molar-refractivity contribution in [3.8, 4) is 0 Å². The summed E-state index contributed by atoms with van der Waals surface area (Å²) in [7, 11) is 0. The van der Waals surface area contributed by atoms with Crippen molar-refractivity contribution >= 4 is 28.6 Å². The van der Waals surface area contributed by atoms with E-state index in [0.717, 1.165) is 26.6 Å². The molecule has 1 heterocycles. The van der Waals surface area contributed by atoms with Crippen LogP contribution in [0.3, 0.4) is 0 Å². The van der Waals surface area contributed by atoms with E-state index in [-0.39, 0.29) is 5.78 Å². The molecule has 0 saturated heterocycles. The predicted molar refractivity (Wildman–Crippen MR) is 86.0 cm³/mol. The molecule has 0 saturated carbocycles. The fourth-order valence-corrected chi connectivity index (χ4v) is 2.97. The molecule has 3 nitrogen and oxygen atoms in total. The molecule has 0 atom stereocenters. The maximum atomic E-state index is 11.6. The molecular formula is C17H16N2OS. The average Bonchev–Trinajstić information content (AvgIpc) is 2.88. The fourth-order valence-electron chi connectivity index (χ4n) is 2.17. The van der Waals surface area contributed by atoms with Crippen molar-refractivity contribution < 1.29 is 4.79 Å². The van der Waals surface area contributed by atoms with E-state index in [1.807, 2.05) is 37.3 Å². The molecule has 0 fully saturated rings. The molecule has 0 spiro atoms. The minimum absolute atomic E-state index is 0.172. The average molecular weight is 296 g/mol. The van der Waals surface area contributed by atoms with Crippen LogP contribution in [0.25, 0.3) is 11.0 Å². The van der Waals surface area contributed by atoms with Crippen molar-refractivity contribution in [2.45, 2.75) is 30.3 Å². The van der Waals surface area contributed by atoms with E-state index in [1.165, 1.54) is 5.56 Å². The number of carbonyl (C=O) groups is 1. The number of aromatic nitrogens is 2. The fraction of sp³-hybridized carbons (Fsp3) is 0.176. The van der Waals surface area contributed by atoms with Crippen molar-refractivity contribution in [3.63, 3.8) is 0 Å². The Bertz CT molecular complexity index is 790. The number of carbonyl (C=O) groups excluding carboxylic acids is 1. The van der Waals surface area contributed by atoms with Gasteiger partial charge in [0.2, 0.25) is 0 Å². The van der Waals surface area contributed by atoms with Crippen LogP contribution in [0, 0.1) is 6.92 Å². The predicted octanol–water partition coefficient (Wildman–Crippen LogP) is 4.62. The molecule has 0 amide bonds. The van der Waals surface area contributed by atoms with Gasteiger partial charge in [-0.05, 0) is 36.8 Å². The molecule has 0 aliphatic heterocycles. The molecule has 1 N–H and O–H groups in total. The van der Waals surface area contributed by atoms with E-state index >= 15 is 0 Å². The van der Waals surface area contributed by atoms with Gasteiger partial charge in [-0.15, -0.1) is 0 Å². The zero-order chi connectivity index (χ0) is 14.8. The molecule has 21 heavy (non-hydrogen) atoms. The lowest BCUT2D eigenvalue weighted by Gasteiger charge is -2.00. The summed E-state index contributed by atoms with van der Waals surface area (Å²) in [5.41, 5.74) is 4.00. The Kier molecular flexibility index (Phi) is 3.80. The number of H-pyrrole nitrogens is 1. The summed E-state index contributed by atoms with van der Waals surface area (Å²) in [5, 5.41) is 0.866. The molecule has 0 aliphatic rings. The first-order valence-corrected chi connectivity index (χ1v) is 7.75. The number of hydrogen-bond donors (Lipinski definition) is 1. The summed E-state index contributed by atoms with van der Waals surface area (Å²) < 4.78 is 0. The molecule has 2 aromatic carbocycles. The summed E-state index contributed by atoms with van der Waals surface area (Å²) in [6.45, 7) is 3.94. The largest absolute Gasteiger partial charge is 0.333 e. The Hall–Kier alpha value is -2.07. The lowest BCUT2D eigenvalue weighted by Crippen LogP contribution is -1.95. The zero-order valence-electron chi connectivity index (χ0n) is 12.0. The van der Waals surface area contributed by atoms with Gasteiger partial charge in [0.25, 0.3) is 0 Å². The first-order valence-electron chi connectivity index (χ1n) is 6.93. The maximum absolute atomic E-state index is 11.6. The highest BCUT2D eigenvalue weighted by Crippen LogP contribution is 2.27. The molecule has 4 heteroatoms. The van der Waals surface area contributed by atoms with Crippen LogP contribution in [-0.4, -0.2) is 15.8 Å². The van der Waals surface area contributed by atoms with Gasteiger partial charge in [0, 0.05) is 16.9 Å². The number of aromatic amines is 1. The Morgan fingerprint density at radius 2 is 1.95 bits per heavy atom. The second kappa shape index (κ2) is 5.74. The highest BCUT2D eigenvalue weighted by atomic mass is 32.2. The Balaban J connectivity index is 1.83. The van der Waals surface area contributed by atoms with Gasteiger partial charge in [0.15, 0.2) is 10.9 Å². The van der Waals surface area contributed by atoms with Gasteiger partial charge in [0.1, 0.15) is 0 Å². The van der Waals surface area contributed by atoms with E-state index in [0.29, 0.717) is 6.42 Å². The zero-order valence-corrected chi connectivity index (χ0v) is 12.8. The molecule has 1 aromatic heterocycles. The number of benzene rings is 2. The number of hydrogen-bond acceptors (Lipinski definition) is 3. The monoisotopic (exact) mass is 296 g/mol. The Morgan fingerprint density at radius 1 is 1.19 bits per heavy atom. The van der Waals surface area contributed by atoms with Gasteiger partial charge in [-0.1, -0.05) is 36.9 Å². The van der Waals surface area contributed by atoms with Crippen LogP contribution in [0.4, 0.5) is 0 Å². The third-order valence-electron chi connectivity index (χ3n) is 3.33. The molecule has 0 bridgehead atoms. The van der Waals surface area contributed by atoms with E-state index in [1.54, 1.807) is 11.8 Å². The first-order chi connectivity index (χ1) is 10.2. The smallest absolute Gasteiger partial charge is 0.171 e. The standard InChI is InChI=1S/C17H16N2OS/c1-3-16(20)12-5-7-13(8-6-12)21-17-18-14-9-4-11(2)10-15(14)19-17/h4-10H,3H2,1-2H3,(H,18,19). The van der Waals surface area contributed by atoms with Gasteiger partial charge in [-0.25, -0.2) is 4.98 Å². The number of Topliss-reactive ketones (excluding diaryl/α,β-unsaturated/α-hetero) is 1. The summed E-state index contributed by atoms with van der Waals surface area (Å²) >= 11 is 1.57. The highest BCUT2D eigenvalue weighted by Gasteiger charge is 2.06. The third kappa shape index (κ3) is 3.00. The minimum atomic E-state index is 0.172. The summed E-state index contributed by atoms with van der Waals surface area (Å²) in [6, 6.07) is 13.9. The van der Waals surface area contributed by atoms with Crippen molar-refractivity contribution in [2.24, 2.45) is 0 Å². The number of aryl methyl sites for hydroxylation is 1. The summed E-state index contributed by atoms with van der Waals surface area (Å²) in [6.07, 6.45) is 0.537. The highest BCUT2D eigenvalue weighted by molar-refractivity contribution is 7.99. The quantitative estimate of drug-likeness (QED) is 0.715. The van der Waals surface area contributed by atoms with Crippen LogP contribution in [0.2, 0.25) is 0 Å². The number of ketones is 1. The first kappa shape index (κ1) is 13.9. The number of imidazole rings is 1. The van der Waals surface area contributed by atoms with Gasteiger partial charge in [-0.2, -0.15) is 0 Å². The Labute approximate surface area is 127 Å². The van der Waals surface area contributed by atoms with E-state index in [4.69, 9.17) is 0 Å². The van der Waals surface area contributed by atoms with Gasteiger partial charge in [-0.3, -0.25) is 4.79 Å². The van der Waals surface area contributed by atoms with Gasteiger partial charge < -0.3 is 4.98 Å². The van der Waals surface area contributed by atoms with E-state index in [2.05, 4.69) is 29.0 Å². The van der Waals surface area contributed by atoms with E-state index < -0.39 is 0 Å². The Morgan fingerprint density at radius 3 is 2.67 bits per heavy atom. The van der Waals surface area contributed by atoms with Gasteiger partial charge in [0.05, 0.1) is 11.0 Å². The molecule has 3 rings (SSSR count). The molecule has 3 aromatic rings. The second-order valence-electron chi connectivity index (χ2n) is 4.97. The number of nitrogens with one attached hydrogen (secondary N) is 1. The molecule has 0 radical (unpaired) electrons. The van der Waals surface area contributed by atoms with Crippen LogP contribution in [-0.2, 0) is 0 Å². The third-order valence-corrected chi connectivity index (χ3v) is 4.22. The normalized spacial score (nSPS) is 11.0. The molecule has 0 unspecified atom stereocenters. The van der Waals surface area contributed by atoms with Crippen LogP contribution in [0.15, 0.2) is 52.5 Å². The van der Waals surface area contributed by atoms with E-state index in [9.17, 15) is 4.79 Å². The van der Waals surface area contributed by atoms with Crippen molar-refractivity contribution in [2.75, 3.05) is 0 Å². The lowest BCUT2D eigenvalue weighted by molar-refractivity contribution is 0.0988. The van der Waals surface area contributed by atoms with Gasteiger partial charge >= 0.3 is 0 Å². The number of rotatable bonds is 4. The topological polar surface area (TPSA) is 45.8 Å². The molecule has 0 aliphatic carbocycles. The second-order valence-corrected chi connectivity index (χ2v) is 6.03. The summed E-state index contributed by atoms with van der Waals surface area (Å²) in [5.74, 6) is 0.172. The van der Waals surface area contributed by atoms with Crippen LogP contribution in [0.5, 0.6) is 0 Å². The van der Waals surface area contributed by atoms with Crippen LogP contribution in [0.1, 0.15) is 29.3 Å². The molecule has 106 valence electrons. The molecular weight excluding hydrogens is 280 g/mol. The van der Waals surface area contributed by atoms with Crippen molar-refractivity contribution in [3.05, 3.63) is 53.6 Å². The number of fused-ring (bicyclic) bond motifs is 1. The van der Waals surface area contributed by atoms with Crippen LogP contribution < -0.4 is 0 Å². The summed E-state index contributed by atoms with van der Waals surface area (Å²) in [4.78, 5) is 20.6. The lowest BCUT2D eigenvalue weighted by atomic mass is 10.1. The number of nitrogens with zero attached hydrogens (tertiary/aromatic N) is 1. The minimum Gasteiger partial charge on any atom is -0.333 e. The van der Waals surface area contributed by atoms with Crippen molar-refractivity contribution in [1.82, 2.24) is 9.97 Å². The maximum Gasteiger partial charge on any atom is 0.171 e.